The minimum absolute atomic E-state index is 0.0368. The van der Waals surface area contributed by atoms with Crippen LogP contribution in [0, 0.1) is 0 Å². The Morgan fingerprint density at radius 1 is 1.07 bits per heavy atom. The molecule has 2 aliphatic heterocycles. The maximum atomic E-state index is 12.3. The van der Waals surface area contributed by atoms with Gasteiger partial charge in [0.05, 0.1) is 35.2 Å². The molecule has 0 fully saturated rings. The number of anilines is 1. The second-order valence-corrected chi connectivity index (χ2v) is 8.78. The van der Waals surface area contributed by atoms with Gasteiger partial charge in [-0.3, -0.25) is 18.8 Å². The zero-order valence-corrected chi connectivity index (χ0v) is 16.4. The standard InChI is InChI=1S/C20H18N2O6S/c1-29(26,27)22-9-8-13-12-14(6-7-17(13)22)20(25)28-11-10-21-18(23)15-4-2-3-5-16(15)19(21)24/h2-7,12H,8-11H2,1H3. The second-order valence-electron chi connectivity index (χ2n) is 6.87. The zero-order chi connectivity index (χ0) is 20.8. The highest BCUT2D eigenvalue weighted by Crippen LogP contribution is 2.31. The molecule has 2 heterocycles. The summed E-state index contributed by atoms with van der Waals surface area (Å²) in [6.45, 7) is 0.175. The van der Waals surface area contributed by atoms with Crippen LogP contribution >= 0.6 is 0 Å². The van der Waals surface area contributed by atoms with Gasteiger partial charge in [0.1, 0.15) is 6.61 Å². The lowest BCUT2D eigenvalue weighted by molar-refractivity contribution is 0.0420. The third-order valence-electron chi connectivity index (χ3n) is 4.99. The van der Waals surface area contributed by atoms with Gasteiger partial charge in [0.2, 0.25) is 10.0 Å². The third-order valence-corrected chi connectivity index (χ3v) is 6.17. The number of hydrogen-bond donors (Lipinski definition) is 0. The average Bonchev–Trinajstić information content (AvgIpc) is 3.22. The van der Waals surface area contributed by atoms with Crippen LogP contribution in [-0.4, -0.2) is 57.1 Å². The summed E-state index contributed by atoms with van der Waals surface area (Å²) >= 11 is 0. The summed E-state index contributed by atoms with van der Waals surface area (Å²) in [4.78, 5) is 38.0. The fourth-order valence-electron chi connectivity index (χ4n) is 3.60. The molecule has 0 atom stereocenters. The molecule has 9 heteroatoms. The summed E-state index contributed by atoms with van der Waals surface area (Å²) in [5, 5.41) is 0. The number of amides is 2. The van der Waals surface area contributed by atoms with Crippen molar-refractivity contribution < 1.29 is 27.5 Å². The molecule has 2 aromatic carbocycles. The van der Waals surface area contributed by atoms with Crippen LogP contribution in [0.4, 0.5) is 5.69 Å². The molecule has 4 rings (SSSR count). The highest BCUT2D eigenvalue weighted by atomic mass is 32.2. The summed E-state index contributed by atoms with van der Waals surface area (Å²) in [5.74, 6) is -1.40. The predicted molar refractivity (Wildman–Crippen MR) is 104 cm³/mol. The van der Waals surface area contributed by atoms with E-state index in [1.807, 2.05) is 0 Å². The second kappa shape index (κ2) is 7.00. The molecule has 0 N–H and O–H groups in total. The van der Waals surface area contributed by atoms with E-state index in [9.17, 15) is 22.8 Å². The van der Waals surface area contributed by atoms with Crippen LogP contribution < -0.4 is 4.31 Å². The minimum atomic E-state index is -3.36. The number of esters is 1. The summed E-state index contributed by atoms with van der Waals surface area (Å²) < 4.78 is 30.1. The largest absolute Gasteiger partial charge is 0.460 e. The number of imide groups is 1. The molecule has 2 amide bonds. The Kier molecular flexibility index (Phi) is 4.62. The number of hydrogen-bond acceptors (Lipinski definition) is 6. The van der Waals surface area contributed by atoms with Crippen LogP contribution in [0.3, 0.4) is 0 Å². The van der Waals surface area contributed by atoms with Gasteiger partial charge in [-0.1, -0.05) is 12.1 Å². The molecule has 0 radical (unpaired) electrons. The van der Waals surface area contributed by atoms with E-state index in [0.29, 0.717) is 35.3 Å². The molecule has 0 aromatic heterocycles. The molecule has 0 spiro atoms. The topological polar surface area (TPSA) is 101 Å². The number of fused-ring (bicyclic) bond motifs is 2. The maximum Gasteiger partial charge on any atom is 0.338 e. The van der Waals surface area contributed by atoms with Crippen molar-refractivity contribution in [2.75, 3.05) is 30.3 Å². The zero-order valence-electron chi connectivity index (χ0n) is 15.6. The quantitative estimate of drug-likeness (QED) is 0.542. The minimum Gasteiger partial charge on any atom is -0.460 e. The third kappa shape index (κ3) is 3.38. The molecule has 0 saturated carbocycles. The van der Waals surface area contributed by atoms with E-state index in [1.54, 1.807) is 36.4 Å². The van der Waals surface area contributed by atoms with Crippen molar-refractivity contribution in [3.8, 4) is 0 Å². The number of rotatable bonds is 5. The first-order valence-electron chi connectivity index (χ1n) is 9.00. The molecule has 2 aliphatic rings. The summed E-state index contributed by atoms with van der Waals surface area (Å²) in [6.07, 6.45) is 1.65. The molecule has 2 aromatic rings. The Morgan fingerprint density at radius 2 is 1.72 bits per heavy atom. The number of carbonyl (C=O) groups is 3. The summed E-state index contributed by atoms with van der Waals surface area (Å²) in [7, 11) is -3.36. The Balaban J connectivity index is 1.39. The van der Waals surface area contributed by atoms with E-state index in [-0.39, 0.29) is 13.2 Å². The van der Waals surface area contributed by atoms with Gasteiger partial charge in [0, 0.05) is 6.54 Å². The van der Waals surface area contributed by atoms with Gasteiger partial charge in [-0.15, -0.1) is 0 Å². The lowest BCUT2D eigenvalue weighted by Gasteiger charge is -2.16. The highest BCUT2D eigenvalue weighted by Gasteiger charge is 2.35. The molecule has 29 heavy (non-hydrogen) atoms. The SMILES string of the molecule is CS(=O)(=O)N1CCc2cc(C(=O)OCCN3C(=O)c4ccccc4C3=O)ccc21. The normalized spacial score (nSPS) is 15.5. The van der Waals surface area contributed by atoms with E-state index >= 15 is 0 Å². The van der Waals surface area contributed by atoms with E-state index in [0.717, 1.165) is 16.7 Å². The Bertz CT molecular complexity index is 1110. The van der Waals surface area contributed by atoms with Gasteiger partial charge in [-0.2, -0.15) is 0 Å². The Hall–Kier alpha value is -3.20. The molecular weight excluding hydrogens is 396 g/mol. The van der Waals surface area contributed by atoms with E-state index in [4.69, 9.17) is 4.74 Å². The maximum absolute atomic E-state index is 12.3. The first kappa shape index (κ1) is 19.1. The lowest BCUT2D eigenvalue weighted by atomic mass is 10.1. The molecular formula is C20H18N2O6S. The Morgan fingerprint density at radius 3 is 2.34 bits per heavy atom. The number of nitrogens with zero attached hydrogens (tertiary/aromatic N) is 2. The summed E-state index contributed by atoms with van der Waals surface area (Å²) in [6, 6.07) is 11.3. The molecule has 0 bridgehead atoms. The van der Waals surface area contributed by atoms with Crippen molar-refractivity contribution in [2.24, 2.45) is 0 Å². The monoisotopic (exact) mass is 414 g/mol. The van der Waals surface area contributed by atoms with Crippen molar-refractivity contribution in [1.82, 2.24) is 4.90 Å². The number of ether oxygens (including phenoxy) is 1. The Labute approximate surface area is 167 Å². The van der Waals surface area contributed by atoms with Gasteiger partial charge in [0.15, 0.2) is 0 Å². The van der Waals surface area contributed by atoms with Gasteiger partial charge in [-0.05, 0) is 42.3 Å². The van der Waals surface area contributed by atoms with Crippen LogP contribution in [0.2, 0.25) is 0 Å². The van der Waals surface area contributed by atoms with Gasteiger partial charge >= 0.3 is 5.97 Å². The van der Waals surface area contributed by atoms with E-state index < -0.39 is 27.8 Å². The van der Waals surface area contributed by atoms with Crippen LogP contribution in [0.1, 0.15) is 36.6 Å². The van der Waals surface area contributed by atoms with E-state index in [2.05, 4.69) is 0 Å². The average molecular weight is 414 g/mol. The molecule has 150 valence electrons. The van der Waals surface area contributed by atoms with Crippen molar-refractivity contribution >= 4 is 33.5 Å². The predicted octanol–water partition coefficient (Wildman–Crippen LogP) is 1.46. The summed E-state index contributed by atoms with van der Waals surface area (Å²) in [5.41, 5.74) is 2.30. The van der Waals surface area contributed by atoms with Gasteiger partial charge in [0.25, 0.3) is 11.8 Å². The lowest BCUT2D eigenvalue weighted by Crippen LogP contribution is -2.33. The molecule has 0 aliphatic carbocycles. The molecule has 8 nitrogen and oxygen atoms in total. The van der Waals surface area contributed by atoms with Crippen molar-refractivity contribution in [3.05, 3.63) is 64.7 Å². The smallest absolute Gasteiger partial charge is 0.338 e. The van der Waals surface area contributed by atoms with Crippen LogP contribution in [0.5, 0.6) is 0 Å². The van der Waals surface area contributed by atoms with Gasteiger partial charge in [-0.25, -0.2) is 13.2 Å². The first-order valence-corrected chi connectivity index (χ1v) is 10.8. The highest BCUT2D eigenvalue weighted by molar-refractivity contribution is 7.92. The number of benzene rings is 2. The fraction of sp³-hybridized carbons (Fsp3) is 0.250. The van der Waals surface area contributed by atoms with Crippen LogP contribution in [0.25, 0.3) is 0 Å². The molecule has 0 unspecified atom stereocenters. The van der Waals surface area contributed by atoms with Crippen molar-refractivity contribution in [3.63, 3.8) is 0 Å². The van der Waals surface area contributed by atoms with E-state index in [1.165, 1.54) is 10.4 Å². The number of sulfonamides is 1. The fourth-order valence-corrected chi connectivity index (χ4v) is 4.56. The number of carbonyl (C=O) groups excluding carboxylic acids is 3. The van der Waals surface area contributed by atoms with Gasteiger partial charge < -0.3 is 4.74 Å². The van der Waals surface area contributed by atoms with Crippen LogP contribution in [-0.2, 0) is 21.2 Å². The van der Waals surface area contributed by atoms with Crippen molar-refractivity contribution in [2.45, 2.75) is 6.42 Å². The molecule has 0 saturated heterocycles. The van der Waals surface area contributed by atoms with Crippen LogP contribution in [0.15, 0.2) is 42.5 Å². The van der Waals surface area contributed by atoms with Crippen molar-refractivity contribution in [1.29, 1.82) is 0 Å². The first-order chi connectivity index (χ1) is 13.8.